The van der Waals surface area contributed by atoms with Gasteiger partial charge in [0.1, 0.15) is 11.5 Å². The van der Waals surface area contributed by atoms with Crippen molar-refractivity contribution in [2.75, 3.05) is 13.2 Å². The van der Waals surface area contributed by atoms with Crippen molar-refractivity contribution in [1.29, 1.82) is 0 Å². The van der Waals surface area contributed by atoms with Crippen LogP contribution < -0.4 is 20.3 Å². The van der Waals surface area contributed by atoms with Crippen LogP contribution in [0, 0.1) is 6.92 Å². The van der Waals surface area contributed by atoms with Gasteiger partial charge in [-0.15, -0.1) is 0 Å². The summed E-state index contributed by atoms with van der Waals surface area (Å²) >= 11 is 3.40. The molecule has 0 aromatic heterocycles. The Morgan fingerprint density at radius 1 is 0.962 bits per heavy atom. The zero-order chi connectivity index (χ0) is 18.9. The third-order valence-electron chi connectivity index (χ3n) is 3.50. The fraction of sp³-hybridized carbons (Fsp3) is 0.263. The zero-order valence-electron chi connectivity index (χ0n) is 14.7. The summed E-state index contributed by atoms with van der Waals surface area (Å²) in [6.45, 7) is 3.60. The Morgan fingerprint density at radius 2 is 1.58 bits per heavy atom. The number of ether oxygens (including phenoxy) is 2. The van der Waals surface area contributed by atoms with E-state index in [0.29, 0.717) is 11.5 Å². The Labute approximate surface area is 161 Å². The van der Waals surface area contributed by atoms with Crippen LogP contribution in [0.2, 0.25) is 0 Å². The van der Waals surface area contributed by atoms with E-state index in [4.69, 9.17) is 9.47 Å². The SMILES string of the molecule is CCc1ccc(OCC(=O)NNC(=O)COc2ccc(C)cc2)c(Br)c1. The number of hydrogen-bond donors (Lipinski definition) is 2. The number of benzene rings is 2. The van der Waals surface area contributed by atoms with E-state index in [2.05, 4.69) is 33.7 Å². The molecule has 2 amide bonds. The Bertz CT molecular complexity index is 763. The molecule has 0 radical (unpaired) electrons. The normalized spacial score (nSPS) is 10.1. The molecule has 0 aliphatic heterocycles. The second-order valence-corrected chi connectivity index (χ2v) is 6.46. The molecule has 0 aliphatic carbocycles. The maximum absolute atomic E-state index is 11.8. The topological polar surface area (TPSA) is 76.7 Å². The molecule has 0 aliphatic rings. The number of halogens is 1. The second-order valence-electron chi connectivity index (χ2n) is 5.61. The maximum atomic E-state index is 11.8. The van der Waals surface area contributed by atoms with Crippen LogP contribution in [0.1, 0.15) is 18.1 Å². The summed E-state index contributed by atoms with van der Waals surface area (Å²) in [4.78, 5) is 23.4. The highest BCUT2D eigenvalue weighted by Crippen LogP contribution is 2.26. The van der Waals surface area contributed by atoms with E-state index >= 15 is 0 Å². The van der Waals surface area contributed by atoms with Gasteiger partial charge < -0.3 is 9.47 Å². The highest BCUT2D eigenvalue weighted by atomic mass is 79.9. The number of carbonyl (C=O) groups excluding carboxylic acids is 2. The predicted octanol–water partition coefficient (Wildman–Crippen LogP) is 2.93. The first-order valence-corrected chi connectivity index (χ1v) is 8.95. The first-order valence-electron chi connectivity index (χ1n) is 8.16. The van der Waals surface area contributed by atoms with Crippen LogP contribution in [0.25, 0.3) is 0 Å². The Hall–Kier alpha value is -2.54. The summed E-state index contributed by atoms with van der Waals surface area (Å²) in [5, 5.41) is 0. The van der Waals surface area contributed by atoms with Crippen LogP contribution in [0.15, 0.2) is 46.9 Å². The highest BCUT2D eigenvalue weighted by Gasteiger charge is 2.08. The molecule has 0 fully saturated rings. The van der Waals surface area contributed by atoms with E-state index in [0.717, 1.165) is 22.0 Å². The van der Waals surface area contributed by atoms with Crippen molar-refractivity contribution in [3.8, 4) is 11.5 Å². The lowest BCUT2D eigenvalue weighted by atomic mass is 10.2. The smallest absolute Gasteiger partial charge is 0.276 e. The van der Waals surface area contributed by atoms with Gasteiger partial charge in [-0.1, -0.05) is 30.7 Å². The number of amides is 2. The molecule has 0 saturated heterocycles. The summed E-state index contributed by atoms with van der Waals surface area (Å²) in [5.41, 5.74) is 6.82. The molecule has 0 bridgehead atoms. The van der Waals surface area contributed by atoms with E-state index in [-0.39, 0.29) is 13.2 Å². The largest absolute Gasteiger partial charge is 0.484 e. The van der Waals surface area contributed by atoms with E-state index in [1.165, 1.54) is 0 Å². The summed E-state index contributed by atoms with van der Waals surface area (Å²) in [7, 11) is 0. The van der Waals surface area contributed by atoms with E-state index in [9.17, 15) is 9.59 Å². The van der Waals surface area contributed by atoms with Crippen molar-refractivity contribution in [2.45, 2.75) is 20.3 Å². The first kappa shape index (κ1) is 19.8. The quantitative estimate of drug-likeness (QED) is 0.675. The number of carbonyl (C=O) groups is 2. The molecule has 2 N–H and O–H groups in total. The zero-order valence-corrected chi connectivity index (χ0v) is 16.3. The Balaban J connectivity index is 1.69. The van der Waals surface area contributed by atoms with Crippen molar-refractivity contribution in [2.24, 2.45) is 0 Å². The molecule has 0 heterocycles. The average Bonchev–Trinajstić information content (AvgIpc) is 2.64. The van der Waals surface area contributed by atoms with Crippen molar-refractivity contribution < 1.29 is 19.1 Å². The number of nitrogens with one attached hydrogen (secondary N) is 2. The molecule has 0 spiro atoms. The van der Waals surface area contributed by atoms with Gasteiger partial charge in [0.2, 0.25) is 0 Å². The van der Waals surface area contributed by atoms with Crippen LogP contribution in [-0.2, 0) is 16.0 Å². The number of hydrazine groups is 1. The van der Waals surface area contributed by atoms with Gasteiger partial charge in [0.15, 0.2) is 13.2 Å². The lowest BCUT2D eigenvalue weighted by Gasteiger charge is -2.11. The molecule has 2 aromatic carbocycles. The molecule has 0 unspecified atom stereocenters. The molecule has 7 heteroatoms. The van der Waals surface area contributed by atoms with E-state index in [1.54, 1.807) is 18.2 Å². The van der Waals surface area contributed by atoms with Gasteiger partial charge in [-0.3, -0.25) is 20.4 Å². The van der Waals surface area contributed by atoms with Gasteiger partial charge in [-0.25, -0.2) is 0 Å². The molecular weight excluding hydrogens is 400 g/mol. The lowest BCUT2D eigenvalue weighted by Crippen LogP contribution is -2.45. The van der Waals surface area contributed by atoms with Crippen LogP contribution in [0.3, 0.4) is 0 Å². The van der Waals surface area contributed by atoms with Gasteiger partial charge in [-0.05, 0) is 59.1 Å². The fourth-order valence-electron chi connectivity index (χ4n) is 2.02. The highest BCUT2D eigenvalue weighted by molar-refractivity contribution is 9.10. The minimum atomic E-state index is -0.472. The number of aryl methyl sites for hydroxylation is 2. The third kappa shape index (κ3) is 6.40. The van der Waals surface area contributed by atoms with E-state index in [1.807, 2.05) is 31.2 Å². The minimum absolute atomic E-state index is 0.200. The summed E-state index contributed by atoms with van der Waals surface area (Å²) in [5.74, 6) is 0.208. The predicted molar refractivity (Wildman–Crippen MR) is 102 cm³/mol. The van der Waals surface area contributed by atoms with Gasteiger partial charge >= 0.3 is 0 Å². The molecule has 0 atom stereocenters. The lowest BCUT2D eigenvalue weighted by molar-refractivity contribution is -0.131. The van der Waals surface area contributed by atoms with Gasteiger partial charge in [-0.2, -0.15) is 0 Å². The van der Waals surface area contributed by atoms with Crippen molar-refractivity contribution >= 4 is 27.7 Å². The minimum Gasteiger partial charge on any atom is -0.484 e. The molecule has 26 heavy (non-hydrogen) atoms. The summed E-state index contributed by atoms with van der Waals surface area (Å²) in [6.07, 6.45) is 0.913. The molecular formula is C19H21BrN2O4. The average molecular weight is 421 g/mol. The first-order chi connectivity index (χ1) is 12.5. The third-order valence-corrected chi connectivity index (χ3v) is 4.12. The van der Waals surface area contributed by atoms with Crippen LogP contribution in [0.5, 0.6) is 11.5 Å². The summed E-state index contributed by atoms with van der Waals surface area (Å²) in [6, 6.07) is 13.0. The Morgan fingerprint density at radius 3 is 2.15 bits per heavy atom. The summed E-state index contributed by atoms with van der Waals surface area (Å²) < 4.78 is 11.5. The second kappa shape index (κ2) is 9.82. The monoisotopic (exact) mass is 420 g/mol. The van der Waals surface area contributed by atoms with Crippen molar-refractivity contribution in [3.05, 3.63) is 58.1 Å². The van der Waals surface area contributed by atoms with E-state index < -0.39 is 11.8 Å². The fourth-order valence-corrected chi connectivity index (χ4v) is 2.56. The number of hydrogen-bond acceptors (Lipinski definition) is 4. The van der Waals surface area contributed by atoms with Crippen molar-refractivity contribution in [1.82, 2.24) is 10.9 Å². The molecule has 0 saturated carbocycles. The van der Waals surface area contributed by atoms with Crippen LogP contribution in [-0.4, -0.2) is 25.0 Å². The van der Waals surface area contributed by atoms with Gasteiger partial charge in [0.25, 0.3) is 11.8 Å². The van der Waals surface area contributed by atoms with Crippen LogP contribution in [0.4, 0.5) is 0 Å². The van der Waals surface area contributed by atoms with Crippen molar-refractivity contribution in [3.63, 3.8) is 0 Å². The van der Waals surface area contributed by atoms with Crippen LogP contribution >= 0.6 is 15.9 Å². The molecule has 2 aromatic rings. The number of rotatable bonds is 7. The maximum Gasteiger partial charge on any atom is 0.276 e. The van der Waals surface area contributed by atoms with Gasteiger partial charge in [0.05, 0.1) is 4.47 Å². The standard InChI is InChI=1S/C19H21BrN2O4/c1-3-14-6-9-17(16(20)10-14)26-12-19(24)22-21-18(23)11-25-15-7-4-13(2)5-8-15/h4-10H,3,11-12H2,1-2H3,(H,21,23)(H,22,24). The Kier molecular flexibility index (Phi) is 7.47. The molecule has 6 nitrogen and oxygen atoms in total. The van der Waals surface area contributed by atoms with Gasteiger partial charge in [0, 0.05) is 0 Å². The molecule has 2 rings (SSSR count). The molecule has 138 valence electrons.